The van der Waals surface area contributed by atoms with E-state index in [0.29, 0.717) is 30.2 Å². The number of carbonyl (C=O) groups is 2. The predicted molar refractivity (Wildman–Crippen MR) is 147 cm³/mol. The second-order valence-corrected chi connectivity index (χ2v) is 10.4. The molecule has 0 saturated heterocycles. The number of aliphatic hydroxyl groups is 1. The van der Waals surface area contributed by atoms with Gasteiger partial charge in [0.15, 0.2) is 11.5 Å². The van der Waals surface area contributed by atoms with Crippen LogP contribution in [0.15, 0.2) is 48.5 Å². The van der Waals surface area contributed by atoms with E-state index in [-0.39, 0.29) is 5.69 Å². The van der Waals surface area contributed by atoms with Gasteiger partial charge in [-0.3, -0.25) is 9.36 Å². The molecule has 0 aliphatic carbocycles. The fourth-order valence-corrected chi connectivity index (χ4v) is 4.21. The van der Waals surface area contributed by atoms with E-state index >= 15 is 0 Å². The molecule has 2 N–H and O–H groups in total. The van der Waals surface area contributed by atoms with Crippen molar-refractivity contribution in [2.75, 3.05) is 6.79 Å². The largest absolute Gasteiger partial charge is 0.427 e. The lowest BCUT2D eigenvalue weighted by Gasteiger charge is -2.16. The van der Waals surface area contributed by atoms with Crippen molar-refractivity contribution in [1.82, 2.24) is 30.2 Å². The Kier molecular flexibility index (Phi) is 9.05. The highest BCUT2D eigenvalue weighted by Gasteiger charge is 2.26. The molecular formula is C29H34N6O5. The first kappa shape index (κ1) is 28.6. The fraction of sp³-hybridized carbons (Fsp3) is 0.379. The molecule has 4 aromatic rings. The maximum atomic E-state index is 13.1. The molecule has 0 spiro atoms. The number of ether oxygens (including phenoxy) is 2. The lowest BCUT2D eigenvalue weighted by molar-refractivity contribution is -0.161. The summed E-state index contributed by atoms with van der Waals surface area (Å²) in [6.45, 7) is 6.25. The lowest BCUT2D eigenvalue weighted by Crippen LogP contribution is -2.25. The Morgan fingerprint density at radius 1 is 1.02 bits per heavy atom. The number of nitrogens with one attached hydrogen (secondary N) is 1. The molecule has 0 amide bonds. The molecule has 11 nitrogen and oxygen atoms in total. The van der Waals surface area contributed by atoms with Crippen molar-refractivity contribution in [1.29, 1.82) is 0 Å². The van der Waals surface area contributed by atoms with E-state index < -0.39 is 30.9 Å². The minimum absolute atomic E-state index is 0.146. The van der Waals surface area contributed by atoms with Crippen LogP contribution in [-0.2, 0) is 33.8 Å². The van der Waals surface area contributed by atoms with Crippen LogP contribution in [0.5, 0.6) is 0 Å². The Balaban J connectivity index is 1.58. The molecule has 2 aromatic heterocycles. The summed E-state index contributed by atoms with van der Waals surface area (Å²) in [5, 5.41) is 24.3. The van der Waals surface area contributed by atoms with Crippen molar-refractivity contribution in [3.8, 4) is 22.5 Å². The number of hydrogen-bond donors (Lipinski definition) is 2. The van der Waals surface area contributed by atoms with Crippen molar-refractivity contribution in [3.63, 3.8) is 0 Å². The van der Waals surface area contributed by atoms with Gasteiger partial charge in [0.2, 0.25) is 6.79 Å². The molecule has 2 heterocycles. The number of esters is 2. The minimum atomic E-state index is -0.726. The highest BCUT2D eigenvalue weighted by molar-refractivity contribution is 5.89. The summed E-state index contributed by atoms with van der Waals surface area (Å²) in [6, 6.07) is 15.7. The van der Waals surface area contributed by atoms with Gasteiger partial charge < -0.3 is 14.6 Å². The molecule has 210 valence electrons. The minimum Gasteiger partial charge on any atom is -0.427 e. The van der Waals surface area contributed by atoms with E-state index in [1.807, 2.05) is 48.5 Å². The zero-order valence-electron chi connectivity index (χ0n) is 23.2. The summed E-state index contributed by atoms with van der Waals surface area (Å²) < 4.78 is 11.9. The molecule has 0 radical (unpaired) electrons. The van der Waals surface area contributed by atoms with Gasteiger partial charge >= 0.3 is 11.9 Å². The number of benzene rings is 2. The maximum Gasteiger partial charge on any atom is 0.359 e. The number of aromatic nitrogens is 6. The number of aliphatic hydroxyl groups excluding tert-OH is 1. The molecule has 0 saturated carbocycles. The van der Waals surface area contributed by atoms with Crippen molar-refractivity contribution in [2.24, 2.45) is 5.41 Å². The van der Waals surface area contributed by atoms with E-state index in [9.17, 15) is 14.7 Å². The molecule has 0 aliphatic rings. The molecule has 0 aliphatic heterocycles. The van der Waals surface area contributed by atoms with E-state index in [1.165, 1.54) is 4.57 Å². The lowest BCUT2D eigenvalue weighted by atomic mass is 9.97. The van der Waals surface area contributed by atoms with Crippen molar-refractivity contribution >= 4 is 11.9 Å². The summed E-state index contributed by atoms with van der Waals surface area (Å²) in [5.41, 5.74) is 3.63. The third kappa shape index (κ3) is 6.60. The van der Waals surface area contributed by atoms with Gasteiger partial charge in [-0.15, -0.1) is 5.10 Å². The van der Waals surface area contributed by atoms with E-state index in [0.717, 1.165) is 35.1 Å². The second-order valence-electron chi connectivity index (χ2n) is 10.4. The van der Waals surface area contributed by atoms with Gasteiger partial charge in [-0.25, -0.2) is 14.9 Å². The van der Waals surface area contributed by atoms with E-state index in [4.69, 9.17) is 14.5 Å². The molecule has 4 rings (SSSR count). The van der Waals surface area contributed by atoms with Crippen LogP contribution >= 0.6 is 0 Å². The number of tetrazole rings is 1. The first-order chi connectivity index (χ1) is 19.2. The number of hydrogen-bond acceptors (Lipinski definition) is 9. The average molecular weight is 547 g/mol. The third-order valence-corrected chi connectivity index (χ3v) is 6.36. The van der Waals surface area contributed by atoms with Gasteiger partial charge in [-0.2, -0.15) is 0 Å². The standard InChI is InChI=1S/C29H34N6O5/c1-5-6-11-24-30-23(25(35(24)17-36)27(37)39-18-40-28(38)29(2,3)4)16-19-12-14-20(15-13-19)21-9-7-8-10-22(21)26-31-33-34-32-26/h7-10,12-15,36H,5-6,11,16-18H2,1-4H3,(H,31,32,33,34). The normalized spacial score (nSPS) is 11.4. The van der Waals surface area contributed by atoms with Crippen LogP contribution in [0.3, 0.4) is 0 Å². The molecular weight excluding hydrogens is 512 g/mol. The zero-order chi connectivity index (χ0) is 28.7. The zero-order valence-corrected chi connectivity index (χ0v) is 23.2. The fourth-order valence-electron chi connectivity index (χ4n) is 4.21. The summed E-state index contributed by atoms with van der Waals surface area (Å²) >= 11 is 0. The number of aromatic amines is 1. The number of aryl methyl sites for hydroxylation is 1. The Hall–Kier alpha value is -4.38. The molecule has 40 heavy (non-hydrogen) atoms. The van der Waals surface area contributed by atoms with Gasteiger partial charge in [0.1, 0.15) is 12.6 Å². The number of rotatable bonds is 11. The molecule has 0 fully saturated rings. The van der Waals surface area contributed by atoms with Crippen LogP contribution in [0.4, 0.5) is 0 Å². The molecule has 11 heteroatoms. The summed E-state index contributed by atoms with van der Waals surface area (Å²) in [4.78, 5) is 29.9. The Bertz CT molecular complexity index is 1440. The van der Waals surface area contributed by atoms with Crippen LogP contribution in [0.25, 0.3) is 22.5 Å². The third-order valence-electron chi connectivity index (χ3n) is 6.36. The first-order valence-corrected chi connectivity index (χ1v) is 13.2. The van der Waals surface area contributed by atoms with Crippen molar-refractivity contribution < 1.29 is 24.2 Å². The van der Waals surface area contributed by atoms with Crippen LogP contribution < -0.4 is 0 Å². The van der Waals surface area contributed by atoms with Crippen LogP contribution in [0.1, 0.15) is 68.1 Å². The monoisotopic (exact) mass is 546 g/mol. The quantitative estimate of drug-likeness (QED) is 0.207. The average Bonchev–Trinajstić information content (AvgIpc) is 3.60. The number of nitrogens with zero attached hydrogens (tertiary/aromatic N) is 5. The van der Waals surface area contributed by atoms with Gasteiger partial charge in [0.25, 0.3) is 0 Å². The van der Waals surface area contributed by atoms with Gasteiger partial charge in [0.05, 0.1) is 11.1 Å². The highest BCUT2D eigenvalue weighted by atomic mass is 16.7. The van der Waals surface area contributed by atoms with E-state index in [1.54, 1.807) is 20.8 Å². The van der Waals surface area contributed by atoms with Crippen LogP contribution in [-0.4, -0.2) is 54.0 Å². The second kappa shape index (κ2) is 12.6. The Morgan fingerprint density at radius 2 is 1.75 bits per heavy atom. The summed E-state index contributed by atoms with van der Waals surface area (Å²) in [7, 11) is 0. The number of H-pyrrole nitrogens is 1. The summed E-state index contributed by atoms with van der Waals surface area (Å²) in [6.07, 6.45) is 2.72. The van der Waals surface area contributed by atoms with Gasteiger partial charge in [0, 0.05) is 18.4 Å². The molecule has 0 atom stereocenters. The van der Waals surface area contributed by atoms with Gasteiger partial charge in [-0.05, 0) is 54.3 Å². The predicted octanol–water partition coefficient (Wildman–Crippen LogP) is 4.32. The highest BCUT2D eigenvalue weighted by Crippen LogP contribution is 2.30. The van der Waals surface area contributed by atoms with Crippen molar-refractivity contribution in [3.05, 3.63) is 71.3 Å². The maximum absolute atomic E-state index is 13.1. The van der Waals surface area contributed by atoms with Crippen molar-refractivity contribution in [2.45, 2.75) is 60.1 Å². The van der Waals surface area contributed by atoms with E-state index in [2.05, 4.69) is 27.5 Å². The SMILES string of the molecule is CCCCc1nc(Cc2ccc(-c3ccccc3-c3nnn[nH]3)cc2)c(C(=O)OCOC(=O)C(C)(C)C)n1CO. The first-order valence-electron chi connectivity index (χ1n) is 13.2. The van der Waals surface area contributed by atoms with Crippen LogP contribution in [0, 0.1) is 5.41 Å². The number of unbranched alkanes of at least 4 members (excludes halogenated alkanes) is 1. The molecule has 0 unspecified atom stereocenters. The smallest absolute Gasteiger partial charge is 0.359 e. The Morgan fingerprint density at radius 3 is 2.38 bits per heavy atom. The van der Waals surface area contributed by atoms with Gasteiger partial charge in [-0.1, -0.05) is 61.9 Å². The number of carbonyl (C=O) groups excluding carboxylic acids is 2. The number of imidazole rings is 1. The topological polar surface area (TPSA) is 145 Å². The summed E-state index contributed by atoms with van der Waals surface area (Å²) in [5.74, 6) is -0.0253. The molecule has 0 bridgehead atoms. The Labute approximate surface area is 232 Å². The molecule has 2 aromatic carbocycles. The van der Waals surface area contributed by atoms with Crippen LogP contribution in [0.2, 0.25) is 0 Å².